The van der Waals surface area contributed by atoms with Crippen molar-refractivity contribution in [1.29, 1.82) is 0 Å². The lowest BCUT2D eigenvalue weighted by atomic mass is 10.2. The van der Waals surface area contributed by atoms with E-state index < -0.39 is 0 Å². The van der Waals surface area contributed by atoms with Gasteiger partial charge in [-0.15, -0.1) is 10.2 Å². The maximum Gasteiger partial charge on any atom is 0.119 e. The quantitative estimate of drug-likeness (QED) is 0.810. The predicted molar refractivity (Wildman–Crippen MR) is 60.9 cm³/mol. The number of hydrogen-bond donors (Lipinski definition) is 1. The number of β-amino-alcohol motifs (C(OH)–C–C–N with tert-alkyl or cyclic N) is 1. The van der Waals surface area contributed by atoms with Crippen molar-refractivity contribution in [3.63, 3.8) is 0 Å². The van der Waals surface area contributed by atoms with E-state index in [4.69, 9.17) is 0 Å². The fourth-order valence-corrected chi connectivity index (χ4v) is 2.23. The lowest BCUT2D eigenvalue weighted by Gasteiger charge is -2.23. The molecule has 0 unspecified atom stereocenters. The van der Waals surface area contributed by atoms with Crippen LogP contribution in [0.25, 0.3) is 0 Å². The standard InChI is InChI=1S/C11H20N4O/c16-11(8-15-9-12-13-10-15)7-14-5-3-1-2-4-6-14/h9-11,16H,1-8H2/t11-/m0/s1. The van der Waals surface area contributed by atoms with E-state index in [9.17, 15) is 5.11 Å². The number of aliphatic hydroxyl groups is 1. The van der Waals surface area contributed by atoms with Crippen molar-refractivity contribution in [2.75, 3.05) is 19.6 Å². The molecule has 0 amide bonds. The maximum atomic E-state index is 9.95. The summed E-state index contributed by atoms with van der Waals surface area (Å²) in [4.78, 5) is 2.36. The van der Waals surface area contributed by atoms with Gasteiger partial charge in [-0.2, -0.15) is 0 Å². The molecule has 1 aromatic heterocycles. The Morgan fingerprint density at radius 1 is 1.00 bits per heavy atom. The molecule has 1 fully saturated rings. The van der Waals surface area contributed by atoms with Gasteiger partial charge in [0.25, 0.3) is 0 Å². The van der Waals surface area contributed by atoms with E-state index in [0.29, 0.717) is 6.54 Å². The zero-order valence-corrected chi connectivity index (χ0v) is 9.62. The average molecular weight is 224 g/mol. The summed E-state index contributed by atoms with van der Waals surface area (Å²) in [6, 6.07) is 0. The summed E-state index contributed by atoms with van der Waals surface area (Å²) in [5, 5.41) is 17.4. The van der Waals surface area contributed by atoms with Crippen LogP contribution in [-0.2, 0) is 6.54 Å². The number of hydrogen-bond acceptors (Lipinski definition) is 4. The lowest BCUT2D eigenvalue weighted by molar-refractivity contribution is 0.0995. The van der Waals surface area contributed by atoms with Crippen molar-refractivity contribution >= 4 is 0 Å². The van der Waals surface area contributed by atoms with Crippen molar-refractivity contribution in [2.45, 2.75) is 38.3 Å². The van der Waals surface area contributed by atoms with Crippen LogP contribution in [0.1, 0.15) is 25.7 Å². The molecule has 1 aliphatic rings. The number of aliphatic hydroxyl groups excluding tert-OH is 1. The van der Waals surface area contributed by atoms with Gasteiger partial charge in [0.15, 0.2) is 0 Å². The Morgan fingerprint density at radius 2 is 1.62 bits per heavy atom. The van der Waals surface area contributed by atoms with Crippen LogP contribution in [-0.4, -0.2) is 50.5 Å². The van der Waals surface area contributed by atoms with Crippen LogP contribution in [0.3, 0.4) is 0 Å². The van der Waals surface area contributed by atoms with Crippen molar-refractivity contribution in [3.05, 3.63) is 12.7 Å². The second kappa shape index (κ2) is 5.96. The van der Waals surface area contributed by atoms with E-state index in [1.165, 1.54) is 25.7 Å². The third-order valence-corrected chi connectivity index (χ3v) is 3.06. The Morgan fingerprint density at radius 3 is 2.25 bits per heavy atom. The Bertz CT molecular complexity index is 280. The number of rotatable bonds is 4. The zero-order valence-electron chi connectivity index (χ0n) is 9.62. The minimum atomic E-state index is -0.325. The number of aromatic nitrogens is 3. The smallest absolute Gasteiger partial charge is 0.119 e. The topological polar surface area (TPSA) is 54.2 Å². The fourth-order valence-electron chi connectivity index (χ4n) is 2.23. The Hall–Kier alpha value is -0.940. The highest BCUT2D eigenvalue weighted by Gasteiger charge is 2.13. The molecule has 0 aromatic carbocycles. The lowest BCUT2D eigenvalue weighted by Crippen LogP contribution is -2.35. The first-order valence-electron chi connectivity index (χ1n) is 6.07. The Balaban J connectivity index is 1.75. The molecular weight excluding hydrogens is 204 g/mol. The fraction of sp³-hybridized carbons (Fsp3) is 0.818. The number of likely N-dealkylation sites (tertiary alicyclic amines) is 1. The van der Waals surface area contributed by atoms with Gasteiger partial charge in [0.2, 0.25) is 0 Å². The molecule has 1 N–H and O–H groups in total. The highest BCUT2D eigenvalue weighted by Crippen LogP contribution is 2.10. The van der Waals surface area contributed by atoms with E-state index in [0.717, 1.165) is 19.6 Å². The molecule has 0 bridgehead atoms. The van der Waals surface area contributed by atoms with Crippen LogP contribution in [0.5, 0.6) is 0 Å². The van der Waals surface area contributed by atoms with Crippen LogP contribution < -0.4 is 0 Å². The van der Waals surface area contributed by atoms with Crippen molar-refractivity contribution in [3.8, 4) is 0 Å². The third-order valence-electron chi connectivity index (χ3n) is 3.06. The summed E-state index contributed by atoms with van der Waals surface area (Å²) in [6.07, 6.45) is 8.15. The first-order valence-corrected chi connectivity index (χ1v) is 6.07. The molecule has 0 saturated carbocycles. The summed E-state index contributed by atoms with van der Waals surface area (Å²) in [6.45, 7) is 3.60. The van der Waals surface area contributed by atoms with Gasteiger partial charge < -0.3 is 14.6 Å². The largest absolute Gasteiger partial charge is 0.390 e. The van der Waals surface area contributed by atoms with Crippen LogP contribution in [0, 0.1) is 0 Å². The van der Waals surface area contributed by atoms with Gasteiger partial charge in [0.1, 0.15) is 12.7 Å². The van der Waals surface area contributed by atoms with E-state index >= 15 is 0 Å². The minimum absolute atomic E-state index is 0.325. The predicted octanol–water partition coefficient (Wildman–Crippen LogP) is 0.515. The van der Waals surface area contributed by atoms with Crippen LogP contribution >= 0.6 is 0 Å². The van der Waals surface area contributed by atoms with Crippen molar-refractivity contribution in [2.24, 2.45) is 0 Å². The molecule has 1 atom stereocenters. The van der Waals surface area contributed by atoms with Gasteiger partial charge in [-0.3, -0.25) is 0 Å². The monoisotopic (exact) mass is 224 g/mol. The highest BCUT2D eigenvalue weighted by atomic mass is 16.3. The van der Waals surface area contributed by atoms with Gasteiger partial charge in [-0.1, -0.05) is 12.8 Å². The summed E-state index contributed by atoms with van der Waals surface area (Å²) < 4.78 is 1.82. The van der Waals surface area contributed by atoms with Crippen LogP contribution in [0.15, 0.2) is 12.7 Å². The van der Waals surface area contributed by atoms with Crippen LogP contribution in [0.4, 0.5) is 0 Å². The molecule has 0 aliphatic carbocycles. The van der Waals surface area contributed by atoms with E-state index in [1.807, 2.05) is 4.57 Å². The molecule has 16 heavy (non-hydrogen) atoms. The first kappa shape index (κ1) is 11.5. The highest BCUT2D eigenvalue weighted by molar-refractivity contribution is 4.70. The summed E-state index contributed by atoms with van der Waals surface area (Å²) in [5.41, 5.74) is 0. The molecule has 0 radical (unpaired) electrons. The summed E-state index contributed by atoms with van der Waals surface area (Å²) in [7, 11) is 0. The maximum absolute atomic E-state index is 9.95. The number of nitrogens with zero attached hydrogens (tertiary/aromatic N) is 4. The van der Waals surface area contributed by atoms with Crippen molar-refractivity contribution in [1.82, 2.24) is 19.7 Å². The molecule has 90 valence electrons. The summed E-state index contributed by atoms with van der Waals surface area (Å²) >= 11 is 0. The molecule has 1 saturated heterocycles. The SMILES string of the molecule is O[C@@H](CN1CCCCCC1)Cn1cnnc1. The minimum Gasteiger partial charge on any atom is -0.390 e. The zero-order chi connectivity index (χ0) is 11.2. The van der Waals surface area contributed by atoms with Gasteiger partial charge in [0.05, 0.1) is 12.6 Å². The molecule has 1 aromatic rings. The van der Waals surface area contributed by atoms with E-state index in [2.05, 4.69) is 15.1 Å². The van der Waals surface area contributed by atoms with Gasteiger partial charge in [0, 0.05) is 6.54 Å². The van der Waals surface area contributed by atoms with Gasteiger partial charge in [-0.05, 0) is 25.9 Å². The van der Waals surface area contributed by atoms with Gasteiger partial charge in [-0.25, -0.2) is 0 Å². The second-order valence-corrected chi connectivity index (χ2v) is 4.53. The molecule has 2 heterocycles. The first-order chi connectivity index (χ1) is 7.84. The Labute approximate surface area is 96.1 Å². The van der Waals surface area contributed by atoms with Crippen molar-refractivity contribution < 1.29 is 5.11 Å². The molecular formula is C11H20N4O. The van der Waals surface area contributed by atoms with Crippen LogP contribution in [0.2, 0.25) is 0 Å². The molecule has 1 aliphatic heterocycles. The molecule has 2 rings (SSSR count). The van der Waals surface area contributed by atoms with E-state index in [1.54, 1.807) is 12.7 Å². The normalized spacial score (nSPS) is 20.6. The average Bonchev–Trinajstić information content (AvgIpc) is 2.62. The van der Waals surface area contributed by atoms with Gasteiger partial charge >= 0.3 is 0 Å². The molecule has 5 nitrogen and oxygen atoms in total. The molecule has 5 heteroatoms. The third kappa shape index (κ3) is 3.57. The molecule has 0 spiro atoms. The Kier molecular flexibility index (Phi) is 4.30. The summed E-state index contributed by atoms with van der Waals surface area (Å²) in [5.74, 6) is 0. The van der Waals surface area contributed by atoms with E-state index in [-0.39, 0.29) is 6.10 Å². The second-order valence-electron chi connectivity index (χ2n) is 4.53.